The molecule has 1 heterocycles. The zero-order chi connectivity index (χ0) is 22.1. The summed E-state index contributed by atoms with van der Waals surface area (Å²) in [6, 6.07) is 17.3. The van der Waals surface area contributed by atoms with E-state index in [2.05, 4.69) is 25.3 Å². The summed E-state index contributed by atoms with van der Waals surface area (Å²) in [5.41, 5.74) is 2.07. The van der Waals surface area contributed by atoms with Crippen LogP contribution in [0.5, 0.6) is 5.75 Å². The molecule has 0 spiro atoms. The number of aliphatic hydroxyl groups is 1. The number of nitrogens with zero attached hydrogens (tertiary/aromatic N) is 2. The average Bonchev–Trinajstić information content (AvgIpc) is 2.74. The van der Waals surface area contributed by atoms with E-state index in [9.17, 15) is 13.2 Å². The monoisotopic (exact) mass is 432 g/mol. The van der Waals surface area contributed by atoms with Crippen molar-refractivity contribution in [3.05, 3.63) is 66.2 Å². The highest BCUT2D eigenvalue weighted by Gasteiger charge is 2.31. The second-order valence-corrected chi connectivity index (χ2v) is 6.70. The molecule has 0 saturated carbocycles. The second-order valence-electron chi connectivity index (χ2n) is 6.70. The van der Waals surface area contributed by atoms with Crippen molar-refractivity contribution in [3.63, 3.8) is 0 Å². The van der Waals surface area contributed by atoms with Gasteiger partial charge in [-0.1, -0.05) is 42.5 Å². The number of anilines is 2. The first kappa shape index (κ1) is 22.4. The summed E-state index contributed by atoms with van der Waals surface area (Å²) < 4.78 is 41.7. The van der Waals surface area contributed by atoms with Gasteiger partial charge >= 0.3 is 6.36 Å². The van der Waals surface area contributed by atoms with E-state index in [0.717, 1.165) is 6.42 Å². The van der Waals surface area contributed by atoms with E-state index in [1.807, 2.05) is 30.3 Å². The summed E-state index contributed by atoms with van der Waals surface area (Å²) >= 11 is 0. The Morgan fingerprint density at radius 2 is 1.71 bits per heavy atom. The van der Waals surface area contributed by atoms with E-state index >= 15 is 0 Å². The first-order valence-electron chi connectivity index (χ1n) is 9.81. The van der Waals surface area contributed by atoms with Gasteiger partial charge in [0.25, 0.3) is 0 Å². The summed E-state index contributed by atoms with van der Waals surface area (Å²) in [6.07, 6.45) is -3.48. The van der Waals surface area contributed by atoms with E-state index in [1.165, 1.54) is 23.8 Å². The van der Waals surface area contributed by atoms with Gasteiger partial charge in [0, 0.05) is 31.3 Å². The highest BCUT2D eigenvalue weighted by atomic mass is 19.4. The zero-order valence-electron chi connectivity index (χ0n) is 16.7. The van der Waals surface area contributed by atoms with E-state index in [-0.39, 0.29) is 12.4 Å². The highest BCUT2D eigenvalue weighted by molar-refractivity contribution is 5.66. The molecule has 164 valence electrons. The van der Waals surface area contributed by atoms with Crippen molar-refractivity contribution >= 4 is 11.8 Å². The molecule has 0 saturated heterocycles. The lowest BCUT2D eigenvalue weighted by molar-refractivity contribution is -0.274. The molecule has 31 heavy (non-hydrogen) atoms. The minimum Gasteiger partial charge on any atom is -0.406 e. The van der Waals surface area contributed by atoms with Gasteiger partial charge in [-0.15, -0.1) is 13.2 Å². The number of rotatable bonds is 10. The molecule has 3 N–H and O–H groups in total. The molecule has 6 nitrogen and oxygen atoms in total. The number of benzene rings is 2. The van der Waals surface area contributed by atoms with Crippen LogP contribution in [0.4, 0.5) is 24.9 Å². The molecule has 9 heteroatoms. The molecule has 0 aliphatic rings. The molecule has 0 atom stereocenters. The fourth-order valence-corrected chi connectivity index (χ4v) is 2.88. The number of ether oxygens (including phenoxy) is 1. The topological polar surface area (TPSA) is 79.3 Å². The Morgan fingerprint density at radius 3 is 2.45 bits per heavy atom. The van der Waals surface area contributed by atoms with Crippen LogP contribution in [0.2, 0.25) is 0 Å². The van der Waals surface area contributed by atoms with Crippen LogP contribution in [0.15, 0.2) is 60.7 Å². The van der Waals surface area contributed by atoms with Crippen molar-refractivity contribution in [2.24, 2.45) is 0 Å². The number of hydrogen-bond acceptors (Lipinski definition) is 6. The SMILES string of the molecule is OCCCNc1nc(NCCc2ccccc2)cc(-c2cccc(OC(F)(F)F)c2)n1. The lowest BCUT2D eigenvalue weighted by Gasteiger charge is -2.13. The minimum absolute atomic E-state index is 0.0195. The first-order valence-corrected chi connectivity index (χ1v) is 9.81. The van der Waals surface area contributed by atoms with Gasteiger partial charge < -0.3 is 20.5 Å². The maximum atomic E-state index is 12.6. The maximum Gasteiger partial charge on any atom is 0.573 e. The van der Waals surface area contributed by atoms with Crippen LogP contribution >= 0.6 is 0 Å². The van der Waals surface area contributed by atoms with Crippen LogP contribution in [-0.4, -0.2) is 41.1 Å². The normalized spacial score (nSPS) is 11.2. The summed E-state index contributed by atoms with van der Waals surface area (Å²) in [7, 11) is 0. The average molecular weight is 432 g/mol. The smallest absolute Gasteiger partial charge is 0.406 e. The van der Waals surface area contributed by atoms with E-state index in [1.54, 1.807) is 12.1 Å². The molecule has 0 fully saturated rings. The Labute approximate surface area is 178 Å². The zero-order valence-corrected chi connectivity index (χ0v) is 16.7. The van der Waals surface area contributed by atoms with Crippen molar-refractivity contribution in [2.45, 2.75) is 19.2 Å². The largest absolute Gasteiger partial charge is 0.573 e. The first-order chi connectivity index (χ1) is 14.9. The van der Waals surface area contributed by atoms with Crippen LogP contribution in [0.1, 0.15) is 12.0 Å². The van der Waals surface area contributed by atoms with Gasteiger partial charge in [0.15, 0.2) is 0 Å². The van der Waals surface area contributed by atoms with E-state index in [4.69, 9.17) is 5.11 Å². The lowest BCUT2D eigenvalue weighted by Crippen LogP contribution is -2.17. The quantitative estimate of drug-likeness (QED) is 0.410. The van der Waals surface area contributed by atoms with Gasteiger partial charge in [-0.3, -0.25) is 0 Å². The van der Waals surface area contributed by atoms with Crippen LogP contribution in [0.25, 0.3) is 11.3 Å². The standard InChI is InChI=1S/C22H23F3N4O2/c23-22(24,25)31-18-9-4-8-17(14-18)19-15-20(29-21(28-19)27-11-5-13-30)26-12-10-16-6-2-1-3-7-16/h1-4,6-9,14-15,30H,5,10-13H2,(H2,26,27,28,29). The number of hydrogen-bond donors (Lipinski definition) is 3. The molecule has 0 aliphatic heterocycles. The number of alkyl halides is 3. The van der Waals surface area contributed by atoms with Crippen molar-refractivity contribution < 1.29 is 23.0 Å². The molecule has 0 unspecified atom stereocenters. The second kappa shape index (κ2) is 10.6. The number of aliphatic hydroxyl groups excluding tert-OH is 1. The molecular formula is C22H23F3N4O2. The number of nitrogens with one attached hydrogen (secondary N) is 2. The molecule has 0 amide bonds. The third kappa shape index (κ3) is 7.45. The van der Waals surface area contributed by atoms with Crippen molar-refractivity contribution in [1.29, 1.82) is 0 Å². The molecule has 3 aromatic rings. The Morgan fingerprint density at radius 1 is 0.903 bits per heavy atom. The van der Waals surface area contributed by atoms with Gasteiger partial charge in [0.1, 0.15) is 11.6 Å². The Bertz CT molecular complexity index is 968. The molecule has 0 aliphatic carbocycles. The van der Waals surface area contributed by atoms with Crippen molar-refractivity contribution in [3.8, 4) is 17.0 Å². The lowest BCUT2D eigenvalue weighted by atomic mass is 10.1. The minimum atomic E-state index is -4.77. The van der Waals surface area contributed by atoms with Crippen molar-refractivity contribution in [2.75, 3.05) is 30.3 Å². The summed E-state index contributed by atoms with van der Waals surface area (Å²) in [5, 5.41) is 15.2. The summed E-state index contributed by atoms with van der Waals surface area (Å²) in [5.74, 6) is 0.530. The fourth-order valence-electron chi connectivity index (χ4n) is 2.88. The fraction of sp³-hybridized carbons (Fsp3) is 0.273. The summed E-state index contributed by atoms with van der Waals surface area (Å²) in [4.78, 5) is 8.82. The van der Waals surface area contributed by atoms with Gasteiger partial charge in [-0.05, 0) is 30.5 Å². The van der Waals surface area contributed by atoms with Gasteiger partial charge in [0.05, 0.1) is 5.69 Å². The molecule has 3 rings (SSSR count). The molecule has 0 bridgehead atoms. The Hall–Kier alpha value is -3.33. The Kier molecular flexibility index (Phi) is 7.66. The predicted octanol–water partition coefficient (Wildman–Crippen LogP) is 4.49. The predicted molar refractivity (Wildman–Crippen MR) is 113 cm³/mol. The van der Waals surface area contributed by atoms with Gasteiger partial charge in [-0.2, -0.15) is 4.98 Å². The maximum absolute atomic E-state index is 12.6. The third-order valence-electron chi connectivity index (χ3n) is 4.27. The van der Waals surface area contributed by atoms with Gasteiger partial charge in [-0.25, -0.2) is 4.98 Å². The molecule has 1 aromatic heterocycles. The van der Waals surface area contributed by atoms with Crippen LogP contribution in [-0.2, 0) is 6.42 Å². The molecule has 0 radical (unpaired) electrons. The Balaban J connectivity index is 1.80. The molecule has 2 aromatic carbocycles. The number of halogens is 3. The van der Waals surface area contributed by atoms with Crippen molar-refractivity contribution in [1.82, 2.24) is 9.97 Å². The third-order valence-corrected chi connectivity index (χ3v) is 4.27. The van der Waals surface area contributed by atoms with Gasteiger partial charge in [0.2, 0.25) is 5.95 Å². The molecular weight excluding hydrogens is 409 g/mol. The van der Waals surface area contributed by atoms with E-state index in [0.29, 0.717) is 42.5 Å². The highest BCUT2D eigenvalue weighted by Crippen LogP contribution is 2.28. The summed E-state index contributed by atoms with van der Waals surface area (Å²) in [6.45, 7) is 1.10. The van der Waals surface area contributed by atoms with Crippen LogP contribution in [0, 0.1) is 0 Å². The number of aromatic nitrogens is 2. The van der Waals surface area contributed by atoms with Crippen LogP contribution in [0.3, 0.4) is 0 Å². The van der Waals surface area contributed by atoms with Crippen LogP contribution < -0.4 is 15.4 Å². The van der Waals surface area contributed by atoms with E-state index < -0.39 is 6.36 Å².